The molecular formula is C11H16O4. The van der Waals surface area contributed by atoms with Crippen molar-refractivity contribution in [3.05, 3.63) is 29.8 Å². The van der Waals surface area contributed by atoms with Crippen molar-refractivity contribution < 1.29 is 19.3 Å². The first kappa shape index (κ1) is 12.0. The Morgan fingerprint density at radius 2 is 2.13 bits per heavy atom. The minimum Gasteiger partial charge on any atom is -0.468 e. The zero-order valence-electron chi connectivity index (χ0n) is 8.81. The SMILES string of the molecule is COCCOCOc1cccc(CO)c1. The van der Waals surface area contributed by atoms with Gasteiger partial charge in [0, 0.05) is 7.11 Å². The van der Waals surface area contributed by atoms with Gasteiger partial charge in [0.1, 0.15) is 5.75 Å². The van der Waals surface area contributed by atoms with Crippen molar-refractivity contribution in [3.8, 4) is 5.75 Å². The molecule has 4 nitrogen and oxygen atoms in total. The van der Waals surface area contributed by atoms with Gasteiger partial charge in [-0.2, -0.15) is 0 Å². The minimum atomic E-state index is 0.0156. The number of ether oxygens (including phenoxy) is 3. The van der Waals surface area contributed by atoms with Crippen LogP contribution >= 0.6 is 0 Å². The number of benzene rings is 1. The van der Waals surface area contributed by atoms with Gasteiger partial charge in [0.2, 0.25) is 0 Å². The van der Waals surface area contributed by atoms with Gasteiger partial charge in [-0.3, -0.25) is 0 Å². The summed E-state index contributed by atoms with van der Waals surface area (Å²) >= 11 is 0. The Hall–Kier alpha value is -1.10. The van der Waals surface area contributed by atoms with Crippen LogP contribution in [0.1, 0.15) is 5.56 Å². The molecule has 15 heavy (non-hydrogen) atoms. The van der Waals surface area contributed by atoms with Crippen LogP contribution in [0, 0.1) is 0 Å². The van der Waals surface area contributed by atoms with Gasteiger partial charge in [0.25, 0.3) is 0 Å². The lowest BCUT2D eigenvalue weighted by Gasteiger charge is -2.07. The summed E-state index contributed by atoms with van der Waals surface area (Å²) in [5.41, 5.74) is 0.824. The molecule has 84 valence electrons. The molecule has 0 aliphatic rings. The Labute approximate surface area is 89.4 Å². The van der Waals surface area contributed by atoms with E-state index in [0.29, 0.717) is 19.0 Å². The highest BCUT2D eigenvalue weighted by atomic mass is 16.7. The average molecular weight is 212 g/mol. The maximum atomic E-state index is 8.90. The van der Waals surface area contributed by atoms with Crippen LogP contribution in [0.25, 0.3) is 0 Å². The van der Waals surface area contributed by atoms with Gasteiger partial charge in [-0.1, -0.05) is 12.1 Å². The van der Waals surface area contributed by atoms with Crippen molar-refractivity contribution >= 4 is 0 Å². The molecule has 1 aromatic rings. The third-order valence-corrected chi connectivity index (χ3v) is 1.82. The second-order valence-corrected chi connectivity index (χ2v) is 2.97. The molecule has 0 radical (unpaired) electrons. The van der Waals surface area contributed by atoms with Crippen molar-refractivity contribution in [2.75, 3.05) is 27.1 Å². The molecule has 1 rings (SSSR count). The Bertz CT molecular complexity index is 275. The molecule has 0 aliphatic heterocycles. The molecule has 0 atom stereocenters. The fraction of sp³-hybridized carbons (Fsp3) is 0.455. The first-order valence-corrected chi connectivity index (χ1v) is 4.76. The van der Waals surface area contributed by atoms with E-state index in [1.807, 2.05) is 18.2 Å². The molecule has 0 fully saturated rings. The van der Waals surface area contributed by atoms with Crippen LogP contribution in [0.3, 0.4) is 0 Å². The highest BCUT2D eigenvalue weighted by Crippen LogP contribution is 2.12. The van der Waals surface area contributed by atoms with Crippen LogP contribution in [0.5, 0.6) is 5.75 Å². The van der Waals surface area contributed by atoms with Gasteiger partial charge in [-0.05, 0) is 17.7 Å². The van der Waals surface area contributed by atoms with Crippen LogP contribution < -0.4 is 4.74 Å². The second-order valence-electron chi connectivity index (χ2n) is 2.97. The van der Waals surface area contributed by atoms with E-state index in [1.165, 1.54) is 0 Å². The summed E-state index contributed by atoms with van der Waals surface area (Å²) in [5.74, 6) is 0.693. The topological polar surface area (TPSA) is 47.9 Å². The van der Waals surface area contributed by atoms with Gasteiger partial charge in [-0.25, -0.2) is 0 Å². The van der Waals surface area contributed by atoms with Crippen LogP contribution in [0.15, 0.2) is 24.3 Å². The molecule has 0 aromatic heterocycles. The van der Waals surface area contributed by atoms with E-state index in [-0.39, 0.29) is 13.4 Å². The summed E-state index contributed by atoms with van der Waals surface area (Å²) in [5, 5.41) is 8.90. The normalized spacial score (nSPS) is 10.3. The molecule has 0 saturated carbocycles. The lowest BCUT2D eigenvalue weighted by molar-refractivity contribution is -0.00853. The third-order valence-electron chi connectivity index (χ3n) is 1.82. The van der Waals surface area contributed by atoms with Crippen molar-refractivity contribution in [1.82, 2.24) is 0 Å². The molecule has 0 aliphatic carbocycles. The quantitative estimate of drug-likeness (QED) is 0.544. The summed E-state index contributed by atoms with van der Waals surface area (Å²) in [6, 6.07) is 7.26. The largest absolute Gasteiger partial charge is 0.468 e. The summed E-state index contributed by atoms with van der Waals surface area (Å²) in [7, 11) is 1.62. The number of rotatable bonds is 7. The van der Waals surface area contributed by atoms with Crippen molar-refractivity contribution in [2.45, 2.75) is 6.61 Å². The number of hydrogen-bond donors (Lipinski definition) is 1. The summed E-state index contributed by atoms with van der Waals surface area (Å²) in [6.07, 6.45) is 0. The zero-order valence-corrected chi connectivity index (χ0v) is 8.81. The van der Waals surface area contributed by atoms with Gasteiger partial charge in [0.15, 0.2) is 6.79 Å². The lowest BCUT2D eigenvalue weighted by atomic mass is 10.2. The minimum absolute atomic E-state index is 0.0156. The van der Waals surface area contributed by atoms with Crippen LogP contribution in [0.2, 0.25) is 0 Å². The molecule has 0 saturated heterocycles. The zero-order chi connectivity index (χ0) is 10.9. The molecule has 0 bridgehead atoms. The summed E-state index contributed by atoms with van der Waals surface area (Å²) < 4.78 is 15.3. The standard InChI is InChI=1S/C11H16O4/c1-13-5-6-14-9-15-11-4-2-3-10(7-11)8-12/h2-4,7,12H,5-6,8-9H2,1H3. The molecular weight excluding hydrogens is 196 g/mol. The molecule has 0 spiro atoms. The van der Waals surface area contributed by atoms with E-state index in [9.17, 15) is 0 Å². The van der Waals surface area contributed by atoms with Crippen LogP contribution in [-0.4, -0.2) is 32.2 Å². The maximum Gasteiger partial charge on any atom is 0.189 e. The second kappa shape index (κ2) is 7.23. The fourth-order valence-corrected chi connectivity index (χ4v) is 1.04. The summed E-state index contributed by atoms with van der Waals surface area (Å²) in [4.78, 5) is 0. The van der Waals surface area contributed by atoms with Gasteiger partial charge < -0.3 is 19.3 Å². The maximum absolute atomic E-state index is 8.90. The molecule has 1 N–H and O–H groups in total. The Kier molecular flexibility index (Phi) is 5.77. The number of methoxy groups -OCH3 is 1. The fourth-order valence-electron chi connectivity index (χ4n) is 1.04. The smallest absolute Gasteiger partial charge is 0.189 e. The van der Waals surface area contributed by atoms with E-state index in [4.69, 9.17) is 19.3 Å². The van der Waals surface area contributed by atoms with Crippen LogP contribution in [0.4, 0.5) is 0 Å². The molecule has 1 aromatic carbocycles. The first-order valence-electron chi connectivity index (χ1n) is 4.76. The van der Waals surface area contributed by atoms with Gasteiger partial charge in [-0.15, -0.1) is 0 Å². The number of aliphatic hydroxyl groups is 1. The van der Waals surface area contributed by atoms with Crippen molar-refractivity contribution in [1.29, 1.82) is 0 Å². The first-order chi connectivity index (χ1) is 7.36. The van der Waals surface area contributed by atoms with Crippen molar-refractivity contribution in [2.24, 2.45) is 0 Å². The van der Waals surface area contributed by atoms with E-state index >= 15 is 0 Å². The third kappa shape index (κ3) is 4.78. The van der Waals surface area contributed by atoms with E-state index in [2.05, 4.69) is 0 Å². The summed E-state index contributed by atoms with van der Waals surface area (Å²) in [6.45, 7) is 1.27. The number of hydrogen-bond acceptors (Lipinski definition) is 4. The Balaban J connectivity index is 2.24. The Morgan fingerprint density at radius 1 is 1.27 bits per heavy atom. The van der Waals surface area contributed by atoms with E-state index < -0.39 is 0 Å². The predicted molar refractivity (Wildman–Crippen MR) is 55.7 cm³/mol. The average Bonchev–Trinajstić information content (AvgIpc) is 2.29. The number of aliphatic hydroxyl groups excluding tert-OH is 1. The highest BCUT2D eigenvalue weighted by molar-refractivity contribution is 5.27. The molecule has 0 heterocycles. The van der Waals surface area contributed by atoms with Gasteiger partial charge in [0.05, 0.1) is 19.8 Å². The molecule has 4 heteroatoms. The molecule has 0 unspecified atom stereocenters. The van der Waals surface area contributed by atoms with Gasteiger partial charge >= 0.3 is 0 Å². The van der Waals surface area contributed by atoms with Crippen LogP contribution in [-0.2, 0) is 16.1 Å². The van der Waals surface area contributed by atoms with Crippen molar-refractivity contribution in [3.63, 3.8) is 0 Å². The highest BCUT2D eigenvalue weighted by Gasteiger charge is 1.95. The monoisotopic (exact) mass is 212 g/mol. The predicted octanol–water partition coefficient (Wildman–Crippen LogP) is 1.18. The molecule has 0 amide bonds. The lowest BCUT2D eigenvalue weighted by Crippen LogP contribution is -2.07. The van der Waals surface area contributed by atoms with E-state index in [0.717, 1.165) is 5.56 Å². The van der Waals surface area contributed by atoms with E-state index in [1.54, 1.807) is 13.2 Å². The Morgan fingerprint density at radius 3 is 2.87 bits per heavy atom.